The molecule has 1 N–H and O–H groups in total. The predicted octanol–water partition coefficient (Wildman–Crippen LogP) is 4.05. The zero-order chi connectivity index (χ0) is 14.7. The summed E-state index contributed by atoms with van der Waals surface area (Å²) < 4.78 is 6.40. The molecule has 0 fully saturated rings. The SMILES string of the molecule is CCCOc1nc2c(CC)cc(Br)cc2cc1C(=O)O. The van der Waals surface area contributed by atoms with Gasteiger partial charge in [-0.05, 0) is 36.6 Å². The van der Waals surface area contributed by atoms with Crippen LogP contribution in [0.4, 0.5) is 0 Å². The van der Waals surface area contributed by atoms with Crippen LogP contribution in [0, 0.1) is 0 Å². The summed E-state index contributed by atoms with van der Waals surface area (Å²) in [5.41, 5.74) is 1.96. The van der Waals surface area contributed by atoms with Gasteiger partial charge in [0.15, 0.2) is 0 Å². The van der Waals surface area contributed by atoms with Crippen molar-refractivity contribution in [1.29, 1.82) is 0 Å². The first-order valence-electron chi connectivity index (χ1n) is 6.56. The quantitative estimate of drug-likeness (QED) is 0.894. The number of carboxylic acid groups (broad SMARTS) is 1. The number of benzene rings is 1. The van der Waals surface area contributed by atoms with Crippen LogP contribution < -0.4 is 4.74 Å². The fourth-order valence-corrected chi connectivity index (χ4v) is 2.56. The number of aromatic carboxylic acids is 1. The second-order valence-electron chi connectivity index (χ2n) is 4.48. The number of nitrogens with zero attached hydrogens (tertiary/aromatic N) is 1. The zero-order valence-electron chi connectivity index (χ0n) is 11.4. The number of ether oxygens (including phenoxy) is 1. The van der Waals surface area contributed by atoms with E-state index in [0.717, 1.165) is 33.8 Å². The first-order valence-corrected chi connectivity index (χ1v) is 7.35. The molecule has 0 spiro atoms. The van der Waals surface area contributed by atoms with Crippen molar-refractivity contribution in [2.45, 2.75) is 26.7 Å². The van der Waals surface area contributed by atoms with Crippen LogP contribution in [-0.2, 0) is 6.42 Å². The lowest BCUT2D eigenvalue weighted by Gasteiger charge is -2.11. The lowest BCUT2D eigenvalue weighted by atomic mass is 10.1. The highest BCUT2D eigenvalue weighted by molar-refractivity contribution is 9.10. The standard InChI is InChI=1S/C15H16BrNO3/c1-3-5-20-14-12(15(18)19)8-10-7-11(16)6-9(4-2)13(10)17-14/h6-8H,3-5H2,1-2H3,(H,18,19). The highest BCUT2D eigenvalue weighted by Crippen LogP contribution is 2.28. The van der Waals surface area contributed by atoms with Gasteiger partial charge in [0.05, 0.1) is 12.1 Å². The van der Waals surface area contributed by atoms with Gasteiger partial charge in [-0.1, -0.05) is 29.8 Å². The molecule has 2 rings (SSSR count). The Balaban J connectivity index is 2.67. The molecule has 0 saturated heterocycles. The molecule has 0 amide bonds. The number of carboxylic acids is 1. The molecule has 2 aromatic rings. The van der Waals surface area contributed by atoms with Crippen molar-refractivity contribution in [3.63, 3.8) is 0 Å². The average Bonchev–Trinajstić information content (AvgIpc) is 2.43. The molecule has 4 nitrogen and oxygen atoms in total. The van der Waals surface area contributed by atoms with E-state index >= 15 is 0 Å². The van der Waals surface area contributed by atoms with Crippen LogP contribution in [0.2, 0.25) is 0 Å². The molecule has 5 heteroatoms. The second kappa shape index (κ2) is 6.22. The molecular weight excluding hydrogens is 322 g/mol. The maximum Gasteiger partial charge on any atom is 0.341 e. The summed E-state index contributed by atoms with van der Waals surface area (Å²) in [6.07, 6.45) is 1.63. The zero-order valence-corrected chi connectivity index (χ0v) is 13.0. The van der Waals surface area contributed by atoms with Gasteiger partial charge in [-0.3, -0.25) is 0 Å². The van der Waals surface area contributed by atoms with E-state index in [9.17, 15) is 9.90 Å². The first-order chi connectivity index (χ1) is 9.56. The van der Waals surface area contributed by atoms with Crippen molar-refractivity contribution in [2.75, 3.05) is 6.61 Å². The molecule has 0 atom stereocenters. The van der Waals surface area contributed by atoms with Gasteiger partial charge in [0.1, 0.15) is 5.56 Å². The summed E-state index contributed by atoms with van der Waals surface area (Å²) in [6.45, 7) is 4.47. The number of aryl methyl sites for hydroxylation is 1. The summed E-state index contributed by atoms with van der Waals surface area (Å²) in [4.78, 5) is 15.8. The number of hydrogen-bond donors (Lipinski definition) is 1. The first kappa shape index (κ1) is 14.8. The van der Waals surface area contributed by atoms with E-state index in [-0.39, 0.29) is 11.4 Å². The van der Waals surface area contributed by atoms with Gasteiger partial charge in [0.25, 0.3) is 0 Å². The Morgan fingerprint density at radius 1 is 1.35 bits per heavy atom. The van der Waals surface area contributed by atoms with Crippen LogP contribution in [0.25, 0.3) is 10.9 Å². The maximum absolute atomic E-state index is 11.3. The Labute approximate surface area is 125 Å². The smallest absolute Gasteiger partial charge is 0.341 e. The Kier molecular flexibility index (Phi) is 4.60. The van der Waals surface area contributed by atoms with E-state index in [1.54, 1.807) is 6.07 Å². The van der Waals surface area contributed by atoms with Crippen LogP contribution in [0.15, 0.2) is 22.7 Å². The predicted molar refractivity (Wildman–Crippen MR) is 81.6 cm³/mol. The van der Waals surface area contributed by atoms with Gasteiger partial charge in [0.2, 0.25) is 5.88 Å². The van der Waals surface area contributed by atoms with Crippen LogP contribution in [0.1, 0.15) is 36.2 Å². The minimum absolute atomic E-state index is 0.103. The minimum Gasteiger partial charge on any atom is -0.477 e. The van der Waals surface area contributed by atoms with E-state index in [4.69, 9.17) is 4.74 Å². The van der Waals surface area contributed by atoms with Crippen molar-refractivity contribution in [3.05, 3.63) is 33.8 Å². The minimum atomic E-state index is -1.02. The molecule has 1 heterocycles. The van der Waals surface area contributed by atoms with Gasteiger partial charge < -0.3 is 9.84 Å². The number of rotatable bonds is 5. The third-order valence-corrected chi connectivity index (χ3v) is 3.44. The van der Waals surface area contributed by atoms with Crippen molar-refractivity contribution >= 4 is 32.8 Å². The lowest BCUT2D eigenvalue weighted by molar-refractivity contribution is 0.0691. The molecule has 106 valence electrons. The van der Waals surface area contributed by atoms with Crippen LogP contribution >= 0.6 is 15.9 Å². The van der Waals surface area contributed by atoms with Gasteiger partial charge in [-0.2, -0.15) is 0 Å². The van der Waals surface area contributed by atoms with Crippen molar-refractivity contribution in [3.8, 4) is 5.88 Å². The van der Waals surface area contributed by atoms with Gasteiger partial charge in [-0.15, -0.1) is 0 Å². The molecule has 0 bridgehead atoms. The Hall–Kier alpha value is -1.62. The second-order valence-corrected chi connectivity index (χ2v) is 5.40. The third kappa shape index (κ3) is 2.93. The van der Waals surface area contributed by atoms with Crippen molar-refractivity contribution in [2.24, 2.45) is 0 Å². The summed E-state index contributed by atoms with van der Waals surface area (Å²) in [7, 11) is 0. The van der Waals surface area contributed by atoms with Crippen LogP contribution in [-0.4, -0.2) is 22.7 Å². The highest BCUT2D eigenvalue weighted by atomic mass is 79.9. The molecule has 0 radical (unpaired) electrons. The molecule has 1 aromatic carbocycles. The number of hydrogen-bond acceptors (Lipinski definition) is 3. The number of carbonyl (C=O) groups is 1. The number of fused-ring (bicyclic) bond motifs is 1. The van der Waals surface area contributed by atoms with Crippen molar-refractivity contribution < 1.29 is 14.6 Å². The summed E-state index contributed by atoms with van der Waals surface area (Å²) in [5, 5.41) is 10.1. The molecule has 0 unspecified atom stereocenters. The summed E-state index contributed by atoms with van der Waals surface area (Å²) >= 11 is 3.44. The number of aromatic nitrogens is 1. The van der Waals surface area contributed by atoms with Crippen LogP contribution in [0.5, 0.6) is 5.88 Å². The monoisotopic (exact) mass is 337 g/mol. The molecule has 0 saturated carbocycles. The molecule has 0 aliphatic heterocycles. The maximum atomic E-state index is 11.3. The van der Waals surface area contributed by atoms with Crippen molar-refractivity contribution in [1.82, 2.24) is 4.98 Å². The third-order valence-electron chi connectivity index (χ3n) is 2.98. The van der Waals surface area contributed by atoms with Gasteiger partial charge in [0, 0.05) is 9.86 Å². The van der Waals surface area contributed by atoms with E-state index in [1.807, 2.05) is 26.0 Å². The average molecular weight is 338 g/mol. The van der Waals surface area contributed by atoms with Gasteiger partial charge >= 0.3 is 5.97 Å². The van der Waals surface area contributed by atoms with Gasteiger partial charge in [-0.25, -0.2) is 9.78 Å². The number of pyridine rings is 1. The van der Waals surface area contributed by atoms with Crippen LogP contribution in [0.3, 0.4) is 0 Å². The molecule has 0 aliphatic carbocycles. The normalized spacial score (nSPS) is 10.8. The molecule has 20 heavy (non-hydrogen) atoms. The summed E-state index contributed by atoms with van der Waals surface area (Å²) in [6, 6.07) is 5.50. The van der Waals surface area contributed by atoms with E-state index < -0.39 is 5.97 Å². The largest absolute Gasteiger partial charge is 0.477 e. The Bertz CT molecular complexity index is 655. The fourth-order valence-electron chi connectivity index (χ4n) is 2.04. The van der Waals surface area contributed by atoms with E-state index in [0.29, 0.717) is 6.61 Å². The molecule has 1 aromatic heterocycles. The Morgan fingerprint density at radius 3 is 2.70 bits per heavy atom. The molecular formula is C15H16BrNO3. The van der Waals surface area contributed by atoms with E-state index in [2.05, 4.69) is 20.9 Å². The molecule has 0 aliphatic rings. The fraction of sp³-hybridized carbons (Fsp3) is 0.333. The lowest BCUT2D eigenvalue weighted by Crippen LogP contribution is -2.07. The summed E-state index contributed by atoms with van der Waals surface area (Å²) in [5.74, 6) is -0.826. The topological polar surface area (TPSA) is 59.4 Å². The Morgan fingerprint density at radius 2 is 2.10 bits per heavy atom. The van der Waals surface area contributed by atoms with E-state index in [1.165, 1.54) is 0 Å². The highest BCUT2D eigenvalue weighted by Gasteiger charge is 2.16. The number of halogens is 1.